The first-order valence-corrected chi connectivity index (χ1v) is 8.57. The largest absolute Gasteiger partial charge is 0.441 e. The smallest absolute Gasteiger partial charge is 0.319 e. The number of nitrogens with zero attached hydrogens (tertiary/aromatic N) is 3. The van der Waals surface area contributed by atoms with Gasteiger partial charge >= 0.3 is 18.0 Å². The topological polar surface area (TPSA) is 28.0 Å². The van der Waals surface area contributed by atoms with Crippen molar-refractivity contribution >= 4 is 11.7 Å². The van der Waals surface area contributed by atoms with Gasteiger partial charge in [-0.1, -0.05) is 59.7 Å². The molecule has 0 amide bonds. The number of rotatable bonds is 2. The molecule has 3 rings (SSSR count). The monoisotopic (exact) mass is 413 g/mol. The van der Waals surface area contributed by atoms with Crippen LogP contribution in [0.25, 0.3) is 0 Å². The van der Waals surface area contributed by atoms with Gasteiger partial charge in [0, 0.05) is 18.2 Å². The zero-order valence-electron chi connectivity index (χ0n) is 15.7. The average molecular weight is 413 g/mol. The van der Waals surface area contributed by atoms with E-state index in [-0.39, 0.29) is 16.0 Å². The van der Waals surface area contributed by atoms with Crippen LogP contribution in [-0.4, -0.2) is 41.6 Å². The number of amidine groups is 2. The number of benzene rings is 2. The molecule has 0 spiro atoms. The van der Waals surface area contributed by atoms with Crippen LogP contribution >= 0.6 is 0 Å². The predicted octanol–water partition coefficient (Wildman–Crippen LogP) is 5.26. The van der Waals surface area contributed by atoms with Crippen molar-refractivity contribution in [2.45, 2.75) is 31.9 Å². The van der Waals surface area contributed by atoms with Crippen molar-refractivity contribution < 1.29 is 26.3 Å². The zero-order chi connectivity index (χ0) is 21.6. The SMILES string of the molecule is Cc1ccc(C2=NC(C(F)(F)F)(C(F)(F)F)N(C)C(c3ccc(C)cc3)=N2)cc1. The lowest BCUT2D eigenvalue weighted by molar-refractivity contribution is -0.325. The summed E-state index contributed by atoms with van der Waals surface area (Å²) in [7, 11) is 0.703. The van der Waals surface area contributed by atoms with Crippen molar-refractivity contribution in [2.24, 2.45) is 9.98 Å². The van der Waals surface area contributed by atoms with Crippen LogP contribution in [-0.2, 0) is 0 Å². The summed E-state index contributed by atoms with van der Waals surface area (Å²) in [4.78, 5) is 7.26. The van der Waals surface area contributed by atoms with Gasteiger partial charge in [-0.05, 0) is 13.8 Å². The molecule has 0 unspecified atom stereocenters. The Balaban J connectivity index is 2.31. The molecule has 0 saturated carbocycles. The standard InChI is InChI=1S/C20H17F6N3/c1-12-4-8-14(9-5-12)16-27-17(15-10-6-13(2)7-11-15)29(3)18(28-16,19(21,22)23)20(24,25)26/h4-11H,1-3H3. The highest BCUT2D eigenvalue weighted by Gasteiger charge is 2.75. The number of halogens is 6. The molecule has 0 atom stereocenters. The summed E-state index contributed by atoms with van der Waals surface area (Å²) in [5.74, 6) is -1.10. The van der Waals surface area contributed by atoms with Crippen LogP contribution in [0, 0.1) is 13.8 Å². The summed E-state index contributed by atoms with van der Waals surface area (Å²) in [5, 5.41) is 0. The second kappa shape index (κ2) is 6.89. The molecule has 2 aromatic carbocycles. The molecule has 0 fully saturated rings. The van der Waals surface area contributed by atoms with E-state index >= 15 is 0 Å². The van der Waals surface area contributed by atoms with Gasteiger partial charge < -0.3 is 4.90 Å². The molecule has 0 aliphatic carbocycles. The third kappa shape index (κ3) is 3.49. The molecule has 0 saturated heterocycles. The summed E-state index contributed by atoms with van der Waals surface area (Å²) in [6.45, 7) is 3.50. The minimum absolute atomic E-state index is 0.0509. The normalized spacial score (nSPS) is 17.1. The fraction of sp³-hybridized carbons (Fsp3) is 0.300. The van der Waals surface area contributed by atoms with Crippen LogP contribution in [0.3, 0.4) is 0 Å². The van der Waals surface area contributed by atoms with Gasteiger partial charge in [-0.2, -0.15) is 26.3 Å². The number of hydrogen-bond donors (Lipinski definition) is 0. The third-order valence-corrected chi connectivity index (χ3v) is 4.69. The van der Waals surface area contributed by atoms with E-state index in [1.807, 2.05) is 0 Å². The van der Waals surface area contributed by atoms with Gasteiger partial charge in [-0.3, -0.25) is 0 Å². The van der Waals surface area contributed by atoms with E-state index in [1.54, 1.807) is 38.1 Å². The quantitative estimate of drug-likeness (QED) is 0.617. The van der Waals surface area contributed by atoms with Crippen molar-refractivity contribution in [3.05, 3.63) is 70.8 Å². The first-order valence-electron chi connectivity index (χ1n) is 8.57. The maximum absolute atomic E-state index is 13.9. The van der Waals surface area contributed by atoms with Crippen LogP contribution in [0.2, 0.25) is 0 Å². The second-order valence-electron chi connectivity index (χ2n) is 6.83. The summed E-state index contributed by atoms with van der Waals surface area (Å²) < 4.78 is 83.6. The lowest BCUT2D eigenvalue weighted by atomic mass is 10.0. The molecule has 29 heavy (non-hydrogen) atoms. The molecule has 0 radical (unpaired) electrons. The van der Waals surface area contributed by atoms with Crippen molar-refractivity contribution in [1.82, 2.24) is 4.90 Å². The predicted molar refractivity (Wildman–Crippen MR) is 98.0 cm³/mol. The zero-order valence-corrected chi connectivity index (χ0v) is 15.7. The first-order chi connectivity index (χ1) is 13.4. The van der Waals surface area contributed by atoms with Crippen LogP contribution < -0.4 is 0 Å². The van der Waals surface area contributed by atoms with E-state index < -0.39 is 29.7 Å². The lowest BCUT2D eigenvalue weighted by Crippen LogP contribution is -2.68. The molecule has 9 heteroatoms. The Morgan fingerprint density at radius 3 is 1.55 bits per heavy atom. The minimum Gasteiger partial charge on any atom is -0.319 e. The highest BCUT2D eigenvalue weighted by molar-refractivity contribution is 6.13. The van der Waals surface area contributed by atoms with Gasteiger partial charge in [0.15, 0.2) is 5.84 Å². The summed E-state index contributed by atoms with van der Waals surface area (Å²) in [6.07, 6.45) is -11.5. The minimum atomic E-state index is -5.73. The fourth-order valence-corrected chi connectivity index (χ4v) is 3.04. The molecular formula is C20H17F6N3. The summed E-state index contributed by atoms with van der Waals surface area (Å²) in [5.41, 5.74) is -2.68. The molecule has 154 valence electrons. The van der Waals surface area contributed by atoms with E-state index in [4.69, 9.17) is 0 Å². The Morgan fingerprint density at radius 1 is 0.724 bits per heavy atom. The molecule has 0 N–H and O–H groups in total. The van der Waals surface area contributed by atoms with Crippen molar-refractivity contribution in [1.29, 1.82) is 0 Å². The van der Waals surface area contributed by atoms with Crippen LogP contribution in [0.5, 0.6) is 0 Å². The number of alkyl halides is 6. The molecule has 0 bridgehead atoms. The van der Waals surface area contributed by atoms with E-state index in [2.05, 4.69) is 9.98 Å². The van der Waals surface area contributed by atoms with Crippen LogP contribution in [0.1, 0.15) is 22.3 Å². The van der Waals surface area contributed by atoms with E-state index in [0.29, 0.717) is 7.05 Å². The highest BCUT2D eigenvalue weighted by Crippen LogP contribution is 2.49. The van der Waals surface area contributed by atoms with Gasteiger partial charge in [0.1, 0.15) is 5.84 Å². The van der Waals surface area contributed by atoms with Gasteiger partial charge in [0.05, 0.1) is 0 Å². The molecular weight excluding hydrogens is 396 g/mol. The maximum atomic E-state index is 13.9. The van der Waals surface area contributed by atoms with Crippen molar-refractivity contribution in [2.75, 3.05) is 7.05 Å². The lowest BCUT2D eigenvalue weighted by Gasteiger charge is -2.44. The first kappa shape index (κ1) is 20.9. The highest BCUT2D eigenvalue weighted by atomic mass is 19.4. The van der Waals surface area contributed by atoms with E-state index in [9.17, 15) is 26.3 Å². The Morgan fingerprint density at radius 2 is 1.14 bits per heavy atom. The molecule has 0 aromatic heterocycles. The molecule has 1 aliphatic rings. The third-order valence-electron chi connectivity index (χ3n) is 4.69. The average Bonchev–Trinajstić information content (AvgIpc) is 2.61. The van der Waals surface area contributed by atoms with Gasteiger partial charge in [-0.25, -0.2) is 9.98 Å². The number of aryl methyl sites for hydroxylation is 2. The number of hydrogen-bond acceptors (Lipinski definition) is 3. The Labute approximate surface area is 163 Å². The Kier molecular flexibility index (Phi) is 4.96. The maximum Gasteiger partial charge on any atom is 0.441 e. The van der Waals surface area contributed by atoms with Crippen LogP contribution in [0.15, 0.2) is 58.5 Å². The number of aliphatic imine (C=N–C) groups is 2. The van der Waals surface area contributed by atoms with Gasteiger partial charge in [0.25, 0.3) is 0 Å². The summed E-state index contributed by atoms with van der Waals surface area (Å²) in [6, 6.07) is 12.0. The van der Waals surface area contributed by atoms with E-state index in [0.717, 1.165) is 11.1 Å². The van der Waals surface area contributed by atoms with E-state index in [1.165, 1.54) is 24.3 Å². The Hall–Kier alpha value is -2.84. The molecule has 2 aromatic rings. The Bertz CT molecular complexity index is 940. The molecule has 1 aliphatic heterocycles. The van der Waals surface area contributed by atoms with Crippen molar-refractivity contribution in [3.63, 3.8) is 0 Å². The molecule has 1 heterocycles. The van der Waals surface area contributed by atoms with Crippen LogP contribution in [0.4, 0.5) is 26.3 Å². The van der Waals surface area contributed by atoms with Gasteiger partial charge in [-0.15, -0.1) is 0 Å². The summed E-state index contributed by atoms with van der Waals surface area (Å²) >= 11 is 0. The second-order valence-corrected chi connectivity index (χ2v) is 6.83. The van der Waals surface area contributed by atoms with Gasteiger partial charge in [0.2, 0.25) is 0 Å². The molecule has 3 nitrogen and oxygen atoms in total. The van der Waals surface area contributed by atoms with Crippen molar-refractivity contribution in [3.8, 4) is 0 Å². The fourth-order valence-electron chi connectivity index (χ4n) is 3.04.